The van der Waals surface area contributed by atoms with E-state index in [0.717, 1.165) is 82.0 Å². The molecule has 3 rings (SSSR count). The van der Waals surface area contributed by atoms with Gasteiger partial charge >= 0.3 is 0 Å². The van der Waals surface area contributed by atoms with Gasteiger partial charge in [0.05, 0.1) is 6.61 Å². The van der Waals surface area contributed by atoms with Crippen LogP contribution in [0.15, 0.2) is 21.4 Å². The molecule has 0 aliphatic carbocycles. The Balaban J connectivity index is 1.82. The van der Waals surface area contributed by atoms with Crippen molar-refractivity contribution in [3.63, 3.8) is 0 Å². The fourth-order valence-electron chi connectivity index (χ4n) is 2.89. The third kappa shape index (κ3) is 3.76. The van der Waals surface area contributed by atoms with E-state index in [4.69, 9.17) is 9.73 Å². The molecular formula is C15H25N5OS. The third-order valence-corrected chi connectivity index (χ3v) is 4.41. The van der Waals surface area contributed by atoms with Crippen LogP contribution in [0.4, 0.5) is 0 Å². The molecule has 7 heteroatoms. The van der Waals surface area contributed by atoms with E-state index < -0.39 is 0 Å². The summed E-state index contributed by atoms with van der Waals surface area (Å²) >= 11 is 4.26. The molecule has 3 heterocycles. The largest absolute Gasteiger partial charge is 0.478 e. The van der Waals surface area contributed by atoms with Crippen molar-refractivity contribution in [1.29, 1.82) is 0 Å². The Bertz CT molecular complexity index is 494. The molecule has 0 saturated carbocycles. The number of amidine groups is 1. The van der Waals surface area contributed by atoms with Crippen LogP contribution in [0, 0.1) is 0 Å². The van der Waals surface area contributed by atoms with Crippen molar-refractivity contribution in [3.05, 3.63) is 11.5 Å². The molecule has 6 nitrogen and oxygen atoms in total. The zero-order valence-electron chi connectivity index (χ0n) is 13.2. The molecule has 0 aromatic carbocycles. The zero-order chi connectivity index (χ0) is 15.4. The average molecular weight is 323 g/mol. The first-order valence-electron chi connectivity index (χ1n) is 8.04. The van der Waals surface area contributed by atoms with Crippen molar-refractivity contribution in [2.45, 2.75) is 19.3 Å². The number of hydrogen-bond donors (Lipinski definition) is 2. The summed E-state index contributed by atoms with van der Waals surface area (Å²) in [6.07, 6.45) is 2.93. The lowest BCUT2D eigenvalue weighted by molar-refractivity contribution is 0.181. The van der Waals surface area contributed by atoms with Gasteiger partial charge in [-0.25, -0.2) is 0 Å². The lowest BCUT2D eigenvalue weighted by Gasteiger charge is -2.34. The Morgan fingerprint density at radius 1 is 1.32 bits per heavy atom. The standard InChI is InChI=1S/C15H25N5OS/c1-19-5-7-20(8-6-19)15-17-13(16-4-10-22)11-12-3-2-9-21-14(12)18-15/h22H,2-11H2,1H3,(H,16,17,18). The molecule has 0 amide bonds. The van der Waals surface area contributed by atoms with Gasteiger partial charge in [0, 0.05) is 44.9 Å². The SMILES string of the molecule is CN1CCN(C2=NC3=C(CCCO3)CC(=NCCS)N2)CC1. The monoisotopic (exact) mass is 323 g/mol. The topological polar surface area (TPSA) is 52.5 Å². The molecule has 0 aromatic heterocycles. The molecule has 1 saturated heterocycles. The van der Waals surface area contributed by atoms with Crippen molar-refractivity contribution in [3.8, 4) is 0 Å². The molecule has 0 unspecified atom stereocenters. The van der Waals surface area contributed by atoms with Crippen LogP contribution >= 0.6 is 12.6 Å². The van der Waals surface area contributed by atoms with Crippen LogP contribution in [0.25, 0.3) is 0 Å². The Kier molecular flexibility index (Phi) is 5.25. The second-order valence-corrected chi connectivity index (χ2v) is 6.39. The summed E-state index contributed by atoms with van der Waals surface area (Å²) in [5.41, 5.74) is 1.26. The second kappa shape index (κ2) is 7.37. The fraction of sp³-hybridized carbons (Fsp3) is 0.733. The minimum absolute atomic E-state index is 0.727. The number of likely N-dealkylation sites (N-methyl/N-ethyl adjacent to an activating group) is 1. The summed E-state index contributed by atoms with van der Waals surface area (Å²) in [7, 11) is 2.16. The summed E-state index contributed by atoms with van der Waals surface area (Å²) in [4.78, 5) is 14.0. The number of thiol groups is 1. The number of nitrogens with zero attached hydrogens (tertiary/aromatic N) is 4. The molecule has 1 N–H and O–H groups in total. The lowest BCUT2D eigenvalue weighted by atomic mass is 10.1. The van der Waals surface area contributed by atoms with E-state index in [1.165, 1.54) is 5.57 Å². The number of rotatable bonds is 2. The maximum Gasteiger partial charge on any atom is 0.216 e. The van der Waals surface area contributed by atoms with Gasteiger partial charge in [0.25, 0.3) is 0 Å². The van der Waals surface area contributed by atoms with Gasteiger partial charge in [-0.3, -0.25) is 4.99 Å². The Morgan fingerprint density at radius 2 is 2.14 bits per heavy atom. The maximum absolute atomic E-state index is 5.80. The summed E-state index contributed by atoms with van der Waals surface area (Å²) in [6.45, 7) is 5.55. The van der Waals surface area contributed by atoms with Crippen LogP contribution in [-0.2, 0) is 4.74 Å². The zero-order valence-corrected chi connectivity index (χ0v) is 14.1. The van der Waals surface area contributed by atoms with E-state index in [1.807, 2.05) is 0 Å². The number of piperazine rings is 1. The number of ether oxygens (including phenoxy) is 1. The minimum Gasteiger partial charge on any atom is -0.478 e. The van der Waals surface area contributed by atoms with Gasteiger partial charge < -0.3 is 19.9 Å². The predicted molar refractivity (Wildman–Crippen MR) is 92.6 cm³/mol. The summed E-state index contributed by atoms with van der Waals surface area (Å²) in [5, 5.41) is 3.44. The van der Waals surface area contributed by atoms with Gasteiger partial charge in [-0.05, 0) is 25.5 Å². The Labute approximate surface area is 137 Å². The second-order valence-electron chi connectivity index (χ2n) is 5.94. The molecular weight excluding hydrogens is 298 g/mol. The molecule has 0 atom stereocenters. The number of nitrogens with one attached hydrogen (secondary N) is 1. The quantitative estimate of drug-likeness (QED) is 0.743. The molecule has 122 valence electrons. The van der Waals surface area contributed by atoms with E-state index in [1.54, 1.807) is 0 Å². The average Bonchev–Trinajstić information content (AvgIpc) is 2.72. The van der Waals surface area contributed by atoms with Gasteiger partial charge in [-0.15, -0.1) is 0 Å². The van der Waals surface area contributed by atoms with Crippen LogP contribution in [0.1, 0.15) is 19.3 Å². The highest BCUT2D eigenvalue weighted by molar-refractivity contribution is 7.80. The fourth-order valence-corrected chi connectivity index (χ4v) is 2.99. The number of hydrogen-bond acceptors (Lipinski definition) is 6. The van der Waals surface area contributed by atoms with Gasteiger partial charge in [0.15, 0.2) is 0 Å². The first-order valence-corrected chi connectivity index (χ1v) is 8.67. The molecule has 0 bridgehead atoms. The van der Waals surface area contributed by atoms with E-state index in [2.05, 4.69) is 39.8 Å². The number of aliphatic imine (C=N–C) groups is 2. The number of guanidine groups is 1. The first kappa shape index (κ1) is 15.7. The Hall–Kier alpha value is -1.21. The molecule has 0 radical (unpaired) electrons. The molecule has 1 fully saturated rings. The first-order chi connectivity index (χ1) is 10.8. The molecule has 3 aliphatic heterocycles. The Morgan fingerprint density at radius 3 is 2.91 bits per heavy atom. The van der Waals surface area contributed by atoms with Crippen molar-refractivity contribution in [2.24, 2.45) is 9.98 Å². The molecule has 0 spiro atoms. The molecule has 22 heavy (non-hydrogen) atoms. The van der Waals surface area contributed by atoms with Gasteiger partial charge in [-0.2, -0.15) is 17.6 Å². The van der Waals surface area contributed by atoms with Crippen LogP contribution in [-0.4, -0.2) is 73.7 Å². The predicted octanol–water partition coefficient (Wildman–Crippen LogP) is 0.933. The van der Waals surface area contributed by atoms with Crippen LogP contribution in [0.5, 0.6) is 0 Å². The highest BCUT2D eigenvalue weighted by atomic mass is 32.1. The van der Waals surface area contributed by atoms with Gasteiger partial charge in [0.1, 0.15) is 5.84 Å². The smallest absolute Gasteiger partial charge is 0.216 e. The van der Waals surface area contributed by atoms with Gasteiger partial charge in [0.2, 0.25) is 11.8 Å². The highest BCUT2D eigenvalue weighted by Gasteiger charge is 2.25. The molecule has 0 aromatic rings. The van der Waals surface area contributed by atoms with E-state index in [-0.39, 0.29) is 0 Å². The lowest BCUT2D eigenvalue weighted by Crippen LogP contribution is -2.52. The van der Waals surface area contributed by atoms with E-state index in [9.17, 15) is 0 Å². The van der Waals surface area contributed by atoms with Crippen LogP contribution < -0.4 is 5.32 Å². The van der Waals surface area contributed by atoms with Crippen molar-refractivity contribution < 1.29 is 4.74 Å². The minimum atomic E-state index is 0.727. The van der Waals surface area contributed by atoms with Crippen molar-refractivity contribution in [1.82, 2.24) is 15.1 Å². The van der Waals surface area contributed by atoms with Crippen LogP contribution in [0.3, 0.4) is 0 Å². The van der Waals surface area contributed by atoms with Crippen LogP contribution in [0.2, 0.25) is 0 Å². The van der Waals surface area contributed by atoms with E-state index in [0.29, 0.717) is 0 Å². The summed E-state index contributed by atoms with van der Waals surface area (Å²) in [6, 6.07) is 0. The third-order valence-electron chi connectivity index (χ3n) is 4.21. The normalized spacial score (nSPS) is 25.3. The molecule has 3 aliphatic rings. The van der Waals surface area contributed by atoms with E-state index >= 15 is 0 Å². The summed E-state index contributed by atoms with van der Waals surface area (Å²) < 4.78 is 5.80. The van der Waals surface area contributed by atoms with Gasteiger partial charge in [-0.1, -0.05) is 0 Å². The maximum atomic E-state index is 5.80. The summed E-state index contributed by atoms with van der Waals surface area (Å²) in [5.74, 6) is 3.44. The van der Waals surface area contributed by atoms with Crippen molar-refractivity contribution >= 4 is 24.4 Å². The highest BCUT2D eigenvalue weighted by Crippen LogP contribution is 2.25. The van der Waals surface area contributed by atoms with Crippen molar-refractivity contribution in [2.75, 3.05) is 52.1 Å².